The first-order valence-electron chi connectivity index (χ1n) is 6.21. The van der Waals surface area contributed by atoms with Crippen LogP contribution in [0, 0.1) is 11.6 Å². The molecule has 5 heteroatoms. The first-order chi connectivity index (χ1) is 9.61. The standard InChI is InChI=1S/C15H14BrF2NO/c1-2-20-14-6-4-3-5-10(14)9-19-15-12(17)7-11(16)8-13(15)18/h3-8,19H,2,9H2,1H3. The Bertz CT molecular complexity index is 581. The lowest BCUT2D eigenvalue weighted by atomic mass is 10.2. The van der Waals surface area contributed by atoms with E-state index in [2.05, 4.69) is 21.2 Å². The van der Waals surface area contributed by atoms with E-state index in [4.69, 9.17) is 4.74 Å². The Hall–Kier alpha value is -1.62. The van der Waals surface area contributed by atoms with Crippen LogP contribution < -0.4 is 10.1 Å². The van der Waals surface area contributed by atoms with Gasteiger partial charge in [0.15, 0.2) is 0 Å². The molecule has 0 saturated heterocycles. The van der Waals surface area contributed by atoms with E-state index in [0.29, 0.717) is 16.8 Å². The van der Waals surface area contributed by atoms with Crippen LogP contribution in [0.3, 0.4) is 0 Å². The van der Waals surface area contributed by atoms with Crippen molar-refractivity contribution in [1.29, 1.82) is 0 Å². The third-order valence-electron chi connectivity index (χ3n) is 2.73. The smallest absolute Gasteiger partial charge is 0.150 e. The average Bonchev–Trinajstić information content (AvgIpc) is 2.39. The summed E-state index contributed by atoms with van der Waals surface area (Å²) in [5.41, 5.74) is 0.704. The summed E-state index contributed by atoms with van der Waals surface area (Å²) in [7, 11) is 0. The molecule has 2 nitrogen and oxygen atoms in total. The lowest BCUT2D eigenvalue weighted by Crippen LogP contribution is -2.06. The Kier molecular flexibility index (Phi) is 4.95. The maximum Gasteiger partial charge on any atom is 0.150 e. The molecule has 106 valence electrons. The maximum atomic E-state index is 13.7. The maximum absolute atomic E-state index is 13.7. The number of hydrogen-bond acceptors (Lipinski definition) is 2. The summed E-state index contributed by atoms with van der Waals surface area (Å²) in [6.45, 7) is 2.71. The third kappa shape index (κ3) is 3.48. The van der Waals surface area contributed by atoms with Crippen molar-refractivity contribution in [1.82, 2.24) is 0 Å². The van der Waals surface area contributed by atoms with Crippen LogP contribution in [0.5, 0.6) is 5.75 Å². The van der Waals surface area contributed by atoms with E-state index in [-0.39, 0.29) is 12.2 Å². The van der Waals surface area contributed by atoms with E-state index in [1.54, 1.807) is 0 Å². The summed E-state index contributed by atoms with van der Waals surface area (Å²) in [4.78, 5) is 0. The van der Waals surface area contributed by atoms with Gasteiger partial charge in [-0.2, -0.15) is 0 Å². The molecule has 0 spiro atoms. The number of halogens is 3. The van der Waals surface area contributed by atoms with Gasteiger partial charge >= 0.3 is 0 Å². The second-order valence-electron chi connectivity index (χ2n) is 4.14. The molecule has 0 bridgehead atoms. The minimum atomic E-state index is -0.634. The molecule has 20 heavy (non-hydrogen) atoms. The fourth-order valence-electron chi connectivity index (χ4n) is 1.84. The largest absolute Gasteiger partial charge is 0.494 e. The molecular weight excluding hydrogens is 328 g/mol. The van der Waals surface area contributed by atoms with Gasteiger partial charge in [0.05, 0.1) is 6.61 Å². The molecule has 2 rings (SSSR count). The fourth-order valence-corrected chi connectivity index (χ4v) is 2.24. The zero-order chi connectivity index (χ0) is 14.5. The van der Waals surface area contributed by atoms with E-state index in [0.717, 1.165) is 5.56 Å². The molecule has 2 aromatic rings. The van der Waals surface area contributed by atoms with E-state index < -0.39 is 11.6 Å². The molecule has 0 aliphatic carbocycles. The molecule has 0 saturated carbocycles. The molecule has 1 N–H and O–H groups in total. The Balaban J connectivity index is 2.17. The topological polar surface area (TPSA) is 21.3 Å². The van der Waals surface area contributed by atoms with Gasteiger partial charge in [0.1, 0.15) is 23.1 Å². The number of hydrogen-bond donors (Lipinski definition) is 1. The molecule has 0 aliphatic heterocycles. The normalized spacial score (nSPS) is 10.4. The Morgan fingerprint density at radius 3 is 2.45 bits per heavy atom. The zero-order valence-corrected chi connectivity index (χ0v) is 12.5. The second kappa shape index (κ2) is 6.70. The van der Waals surface area contributed by atoms with Crippen LogP contribution in [-0.2, 0) is 6.54 Å². The van der Waals surface area contributed by atoms with Crippen LogP contribution in [0.25, 0.3) is 0 Å². The number of nitrogens with one attached hydrogen (secondary N) is 1. The number of rotatable bonds is 5. The van der Waals surface area contributed by atoms with Gasteiger partial charge in [-0.15, -0.1) is 0 Å². The van der Waals surface area contributed by atoms with Gasteiger partial charge < -0.3 is 10.1 Å². The predicted octanol–water partition coefficient (Wildman–Crippen LogP) is 4.74. The monoisotopic (exact) mass is 341 g/mol. The van der Waals surface area contributed by atoms with E-state index in [9.17, 15) is 8.78 Å². The molecule has 0 unspecified atom stereocenters. The molecule has 0 amide bonds. The lowest BCUT2D eigenvalue weighted by Gasteiger charge is -2.13. The van der Waals surface area contributed by atoms with Gasteiger partial charge in [-0.3, -0.25) is 0 Å². The van der Waals surface area contributed by atoms with Gasteiger partial charge in [0.25, 0.3) is 0 Å². The second-order valence-corrected chi connectivity index (χ2v) is 5.05. The van der Waals surface area contributed by atoms with Gasteiger partial charge in [0.2, 0.25) is 0 Å². The van der Waals surface area contributed by atoms with Gasteiger partial charge in [-0.05, 0) is 25.1 Å². The van der Waals surface area contributed by atoms with Crippen LogP contribution >= 0.6 is 15.9 Å². The molecule has 0 radical (unpaired) electrons. The summed E-state index contributed by atoms with van der Waals surface area (Å²) >= 11 is 3.05. The van der Waals surface area contributed by atoms with Crippen molar-refractivity contribution in [3.8, 4) is 5.75 Å². The van der Waals surface area contributed by atoms with Crippen molar-refractivity contribution >= 4 is 21.6 Å². The summed E-state index contributed by atoms with van der Waals surface area (Å²) in [5, 5.41) is 2.77. The highest BCUT2D eigenvalue weighted by atomic mass is 79.9. The summed E-state index contributed by atoms with van der Waals surface area (Å²) < 4.78 is 33.2. The first kappa shape index (κ1) is 14.8. The van der Waals surface area contributed by atoms with Gasteiger partial charge in [0, 0.05) is 16.6 Å². The molecule has 0 aromatic heterocycles. The van der Waals surface area contributed by atoms with E-state index in [1.165, 1.54) is 12.1 Å². The summed E-state index contributed by atoms with van der Waals surface area (Å²) in [6.07, 6.45) is 0. The van der Waals surface area contributed by atoms with Crippen LogP contribution in [0.4, 0.5) is 14.5 Å². The first-order valence-corrected chi connectivity index (χ1v) is 7.00. The van der Waals surface area contributed by atoms with E-state index >= 15 is 0 Å². The highest BCUT2D eigenvalue weighted by molar-refractivity contribution is 9.10. The van der Waals surface area contributed by atoms with Crippen molar-refractivity contribution < 1.29 is 13.5 Å². The quantitative estimate of drug-likeness (QED) is 0.848. The molecule has 2 aromatic carbocycles. The molecule has 0 atom stereocenters. The predicted molar refractivity (Wildman–Crippen MR) is 79.0 cm³/mol. The van der Waals surface area contributed by atoms with Crippen molar-refractivity contribution in [2.45, 2.75) is 13.5 Å². The van der Waals surface area contributed by atoms with E-state index in [1.807, 2.05) is 31.2 Å². The molecule has 0 aliphatic rings. The molecule has 0 heterocycles. The minimum Gasteiger partial charge on any atom is -0.494 e. The number of benzene rings is 2. The van der Waals surface area contributed by atoms with Crippen LogP contribution in [0.15, 0.2) is 40.9 Å². The zero-order valence-electron chi connectivity index (χ0n) is 10.9. The van der Waals surface area contributed by atoms with Crippen molar-refractivity contribution in [3.63, 3.8) is 0 Å². The molecular formula is C15H14BrF2NO. The minimum absolute atomic E-state index is 0.139. The average molecular weight is 342 g/mol. The van der Waals surface area contributed by atoms with Crippen LogP contribution in [0.2, 0.25) is 0 Å². The van der Waals surface area contributed by atoms with Crippen molar-refractivity contribution in [2.75, 3.05) is 11.9 Å². The Morgan fingerprint density at radius 2 is 1.80 bits per heavy atom. The van der Waals surface area contributed by atoms with Gasteiger partial charge in [-0.1, -0.05) is 34.1 Å². The number of anilines is 1. The molecule has 0 fully saturated rings. The number of para-hydroxylation sites is 1. The Labute approximate surface area is 124 Å². The van der Waals surface area contributed by atoms with Gasteiger partial charge in [-0.25, -0.2) is 8.78 Å². The number of ether oxygens (including phenoxy) is 1. The highest BCUT2D eigenvalue weighted by Crippen LogP contribution is 2.25. The summed E-state index contributed by atoms with van der Waals surface area (Å²) in [6, 6.07) is 9.84. The SMILES string of the molecule is CCOc1ccccc1CNc1c(F)cc(Br)cc1F. The lowest BCUT2D eigenvalue weighted by molar-refractivity contribution is 0.337. The van der Waals surface area contributed by atoms with Crippen molar-refractivity contribution in [3.05, 3.63) is 58.1 Å². The highest BCUT2D eigenvalue weighted by Gasteiger charge is 2.11. The van der Waals surface area contributed by atoms with Crippen LogP contribution in [0.1, 0.15) is 12.5 Å². The summed E-state index contributed by atoms with van der Waals surface area (Å²) in [5.74, 6) is -0.558. The van der Waals surface area contributed by atoms with Crippen molar-refractivity contribution in [2.24, 2.45) is 0 Å². The fraction of sp³-hybridized carbons (Fsp3) is 0.200. The van der Waals surface area contributed by atoms with Crippen LogP contribution in [-0.4, -0.2) is 6.61 Å². The Morgan fingerprint density at radius 1 is 1.15 bits per heavy atom. The third-order valence-corrected chi connectivity index (χ3v) is 3.19.